The van der Waals surface area contributed by atoms with E-state index < -0.39 is 11.0 Å². The molecule has 5 heteroatoms. The van der Waals surface area contributed by atoms with Gasteiger partial charge in [-0.25, -0.2) is 4.79 Å². The number of rotatable bonds is 4. The Morgan fingerprint density at radius 1 is 1.41 bits per heavy atom. The third-order valence-electron chi connectivity index (χ3n) is 2.93. The van der Waals surface area contributed by atoms with Gasteiger partial charge in [0.25, 0.3) is 5.91 Å². The van der Waals surface area contributed by atoms with Gasteiger partial charge in [-0.3, -0.25) is 9.69 Å². The first kappa shape index (κ1) is 13.5. The van der Waals surface area contributed by atoms with Gasteiger partial charge in [-0.2, -0.15) is 5.26 Å². The summed E-state index contributed by atoms with van der Waals surface area (Å²) in [6, 6.07) is 1.86. The molecule has 1 saturated heterocycles. The molecule has 0 bridgehead atoms. The van der Waals surface area contributed by atoms with Crippen LogP contribution >= 0.6 is 0 Å². The van der Waals surface area contributed by atoms with Gasteiger partial charge in [0, 0.05) is 6.54 Å². The molecule has 1 fully saturated rings. The summed E-state index contributed by atoms with van der Waals surface area (Å²) in [5.41, 5.74) is -1.21. The largest absolute Gasteiger partial charge is 0.325 e. The zero-order valence-corrected chi connectivity index (χ0v) is 10.8. The standard InChI is InChI=1S/C12H19N3O2/c1-11(2,8-13)6-5-7-15-9(16)12(3,4)14-10(15)17/h5-7H2,1-4H3,(H,14,17). The monoisotopic (exact) mass is 237 g/mol. The van der Waals surface area contributed by atoms with Crippen molar-refractivity contribution >= 4 is 11.9 Å². The molecule has 5 nitrogen and oxygen atoms in total. The number of carbonyl (C=O) groups is 2. The van der Waals surface area contributed by atoms with Crippen molar-refractivity contribution in [1.29, 1.82) is 5.26 Å². The Morgan fingerprint density at radius 3 is 2.41 bits per heavy atom. The predicted octanol–water partition coefficient (Wildman–Crippen LogP) is 1.65. The number of hydrogen-bond donors (Lipinski definition) is 1. The third kappa shape index (κ3) is 2.96. The zero-order chi connectivity index (χ0) is 13.3. The number of nitriles is 1. The molecule has 0 radical (unpaired) electrons. The van der Waals surface area contributed by atoms with Crippen LogP contribution in [0.15, 0.2) is 0 Å². The fourth-order valence-corrected chi connectivity index (χ4v) is 1.76. The van der Waals surface area contributed by atoms with Crippen LogP contribution in [-0.4, -0.2) is 28.9 Å². The van der Waals surface area contributed by atoms with Crippen molar-refractivity contribution in [3.05, 3.63) is 0 Å². The summed E-state index contributed by atoms with van der Waals surface area (Å²) in [5.74, 6) is -0.197. The van der Waals surface area contributed by atoms with Gasteiger partial charge >= 0.3 is 6.03 Å². The number of urea groups is 1. The van der Waals surface area contributed by atoms with E-state index in [-0.39, 0.29) is 11.9 Å². The minimum absolute atomic E-state index is 0.197. The molecule has 17 heavy (non-hydrogen) atoms. The van der Waals surface area contributed by atoms with Gasteiger partial charge in [-0.05, 0) is 40.5 Å². The van der Waals surface area contributed by atoms with E-state index in [1.807, 2.05) is 13.8 Å². The van der Waals surface area contributed by atoms with E-state index in [0.29, 0.717) is 19.4 Å². The lowest BCUT2D eigenvalue weighted by molar-refractivity contribution is -0.130. The van der Waals surface area contributed by atoms with Crippen LogP contribution in [0, 0.1) is 16.7 Å². The van der Waals surface area contributed by atoms with Gasteiger partial charge in [0.05, 0.1) is 11.5 Å². The molecule has 0 atom stereocenters. The first-order chi connectivity index (χ1) is 7.69. The number of amides is 3. The molecule has 1 heterocycles. The molecule has 1 N–H and O–H groups in total. The molecule has 0 aromatic rings. The van der Waals surface area contributed by atoms with Gasteiger partial charge in [0.2, 0.25) is 0 Å². The minimum Gasteiger partial charge on any atom is -0.324 e. The Morgan fingerprint density at radius 2 is 2.00 bits per heavy atom. The lowest BCUT2D eigenvalue weighted by atomic mass is 9.90. The lowest BCUT2D eigenvalue weighted by Crippen LogP contribution is -2.40. The third-order valence-corrected chi connectivity index (χ3v) is 2.93. The summed E-state index contributed by atoms with van der Waals surface area (Å²) < 4.78 is 0. The van der Waals surface area contributed by atoms with Crippen molar-refractivity contribution in [1.82, 2.24) is 10.2 Å². The first-order valence-electron chi connectivity index (χ1n) is 5.75. The highest BCUT2D eigenvalue weighted by molar-refractivity contribution is 6.06. The molecule has 0 spiro atoms. The van der Waals surface area contributed by atoms with Crippen molar-refractivity contribution < 1.29 is 9.59 Å². The first-order valence-corrected chi connectivity index (χ1v) is 5.75. The number of nitrogens with one attached hydrogen (secondary N) is 1. The van der Waals surface area contributed by atoms with Crippen LogP contribution in [0.1, 0.15) is 40.5 Å². The van der Waals surface area contributed by atoms with E-state index in [0.717, 1.165) is 0 Å². The highest BCUT2D eigenvalue weighted by atomic mass is 16.2. The van der Waals surface area contributed by atoms with E-state index >= 15 is 0 Å². The van der Waals surface area contributed by atoms with E-state index in [4.69, 9.17) is 5.26 Å². The molecule has 0 aromatic heterocycles. The van der Waals surface area contributed by atoms with E-state index in [1.54, 1.807) is 13.8 Å². The van der Waals surface area contributed by atoms with Crippen LogP contribution in [0.3, 0.4) is 0 Å². The molecule has 1 aliphatic heterocycles. The van der Waals surface area contributed by atoms with Crippen LogP contribution in [0.2, 0.25) is 0 Å². The molecule has 3 amide bonds. The van der Waals surface area contributed by atoms with Gasteiger partial charge < -0.3 is 5.32 Å². The Labute approximate surface area is 102 Å². The average molecular weight is 237 g/mol. The van der Waals surface area contributed by atoms with E-state index in [9.17, 15) is 9.59 Å². The summed E-state index contributed by atoms with van der Waals surface area (Å²) in [7, 11) is 0. The molecular formula is C12H19N3O2. The predicted molar refractivity (Wildman–Crippen MR) is 63.0 cm³/mol. The van der Waals surface area contributed by atoms with Crippen molar-refractivity contribution in [2.24, 2.45) is 5.41 Å². The maximum Gasteiger partial charge on any atom is 0.325 e. The van der Waals surface area contributed by atoms with Crippen LogP contribution < -0.4 is 5.32 Å². The SMILES string of the molecule is CC(C)(C#N)CCCN1C(=O)NC(C)(C)C1=O. The summed E-state index contributed by atoms with van der Waals surface area (Å²) >= 11 is 0. The van der Waals surface area contributed by atoms with Gasteiger partial charge in [0.1, 0.15) is 5.54 Å². The van der Waals surface area contributed by atoms with Crippen LogP contribution in [0.5, 0.6) is 0 Å². The van der Waals surface area contributed by atoms with Crippen LogP contribution in [-0.2, 0) is 4.79 Å². The number of imide groups is 1. The molecule has 1 rings (SSSR count). The average Bonchev–Trinajstić information content (AvgIpc) is 2.40. The van der Waals surface area contributed by atoms with Crippen molar-refractivity contribution in [2.45, 2.75) is 46.1 Å². The molecule has 0 saturated carbocycles. The van der Waals surface area contributed by atoms with Crippen LogP contribution in [0.25, 0.3) is 0 Å². The smallest absolute Gasteiger partial charge is 0.324 e. The topological polar surface area (TPSA) is 73.2 Å². The van der Waals surface area contributed by atoms with Crippen LogP contribution in [0.4, 0.5) is 4.79 Å². The van der Waals surface area contributed by atoms with Crippen molar-refractivity contribution in [3.63, 3.8) is 0 Å². The van der Waals surface area contributed by atoms with Crippen molar-refractivity contribution in [3.8, 4) is 6.07 Å². The summed E-state index contributed by atoms with van der Waals surface area (Å²) in [5, 5.41) is 11.5. The quantitative estimate of drug-likeness (QED) is 0.755. The Bertz CT molecular complexity index is 380. The van der Waals surface area contributed by atoms with E-state index in [2.05, 4.69) is 11.4 Å². The second-order valence-corrected chi connectivity index (χ2v) is 5.61. The zero-order valence-electron chi connectivity index (χ0n) is 10.8. The second-order valence-electron chi connectivity index (χ2n) is 5.61. The van der Waals surface area contributed by atoms with Gasteiger partial charge in [-0.15, -0.1) is 0 Å². The number of nitrogens with zero attached hydrogens (tertiary/aromatic N) is 2. The molecule has 0 aromatic carbocycles. The number of hydrogen-bond acceptors (Lipinski definition) is 3. The van der Waals surface area contributed by atoms with E-state index in [1.165, 1.54) is 4.90 Å². The molecule has 0 aliphatic carbocycles. The lowest BCUT2D eigenvalue weighted by Gasteiger charge is -2.18. The highest BCUT2D eigenvalue weighted by Gasteiger charge is 2.43. The normalized spacial score (nSPS) is 19.1. The highest BCUT2D eigenvalue weighted by Crippen LogP contribution is 2.22. The molecule has 94 valence electrons. The van der Waals surface area contributed by atoms with Crippen molar-refractivity contribution in [2.75, 3.05) is 6.54 Å². The second kappa shape index (κ2) is 4.36. The molecule has 1 aliphatic rings. The maximum absolute atomic E-state index is 11.8. The summed E-state index contributed by atoms with van der Waals surface area (Å²) in [4.78, 5) is 24.6. The van der Waals surface area contributed by atoms with Gasteiger partial charge in [-0.1, -0.05) is 0 Å². The summed E-state index contributed by atoms with van der Waals surface area (Å²) in [6.45, 7) is 7.45. The number of carbonyl (C=O) groups excluding carboxylic acids is 2. The minimum atomic E-state index is -0.804. The van der Waals surface area contributed by atoms with Gasteiger partial charge in [0.15, 0.2) is 0 Å². The molecule has 0 unspecified atom stereocenters. The Kier molecular flexibility index (Phi) is 3.46. The summed E-state index contributed by atoms with van der Waals surface area (Å²) in [6.07, 6.45) is 1.32. The maximum atomic E-state index is 11.8. The molecular weight excluding hydrogens is 218 g/mol. The fourth-order valence-electron chi connectivity index (χ4n) is 1.76. The fraction of sp³-hybridized carbons (Fsp3) is 0.750. The Hall–Kier alpha value is -1.57. The Balaban J connectivity index is 2.52.